The monoisotopic (exact) mass is 288 g/mol. The molecule has 2 fully saturated rings. The molecule has 0 spiro atoms. The van der Waals surface area contributed by atoms with E-state index in [1.807, 2.05) is 13.8 Å². The van der Waals surface area contributed by atoms with E-state index in [1.165, 1.54) is 0 Å². The highest BCUT2D eigenvalue weighted by Crippen LogP contribution is 2.45. The molecule has 1 saturated heterocycles. The Bertz CT molecular complexity index is 558. The highest BCUT2D eigenvalue weighted by atomic mass is 16.2. The SMILES string of the molecule is CCC1NC(=O)C(C)(C2CC2)N(Cc2ncccn2)C1=O. The van der Waals surface area contributed by atoms with Crippen molar-refractivity contribution in [2.75, 3.05) is 0 Å². The van der Waals surface area contributed by atoms with E-state index < -0.39 is 11.6 Å². The summed E-state index contributed by atoms with van der Waals surface area (Å²) in [5.41, 5.74) is -0.776. The molecular formula is C15H20N4O2. The van der Waals surface area contributed by atoms with Crippen LogP contribution in [0.5, 0.6) is 0 Å². The van der Waals surface area contributed by atoms with E-state index in [2.05, 4.69) is 15.3 Å². The van der Waals surface area contributed by atoms with Crippen LogP contribution >= 0.6 is 0 Å². The van der Waals surface area contributed by atoms with Crippen molar-refractivity contribution in [3.05, 3.63) is 24.3 Å². The Morgan fingerprint density at radius 3 is 2.57 bits per heavy atom. The normalized spacial score (nSPS) is 29.4. The second kappa shape index (κ2) is 5.09. The van der Waals surface area contributed by atoms with E-state index in [0.29, 0.717) is 12.2 Å². The van der Waals surface area contributed by atoms with Gasteiger partial charge in [0, 0.05) is 12.4 Å². The molecule has 2 atom stereocenters. The van der Waals surface area contributed by atoms with Gasteiger partial charge in [-0.1, -0.05) is 6.92 Å². The zero-order valence-corrected chi connectivity index (χ0v) is 12.4. The minimum Gasteiger partial charge on any atom is -0.342 e. The summed E-state index contributed by atoms with van der Waals surface area (Å²) < 4.78 is 0. The van der Waals surface area contributed by atoms with Crippen LogP contribution in [-0.4, -0.2) is 38.3 Å². The average molecular weight is 288 g/mol. The van der Waals surface area contributed by atoms with Crippen molar-refractivity contribution in [2.45, 2.75) is 51.2 Å². The maximum absolute atomic E-state index is 12.7. The van der Waals surface area contributed by atoms with Gasteiger partial charge in [-0.2, -0.15) is 0 Å². The lowest BCUT2D eigenvalue weighted by molar-refractivity contribution is -0.159. The third kappa shape index (κ3) is 2.28. The number of nitrogens with zero attached hydrogens (tertiary/aromatic N) is 3. The molecule has 2 heterocycles. The van der Waals surface area contributed by atoms with Crippen molar-refractivity contribution >= 4 is 11.8 Å². The van der Waals surface area contributed by atoms with Crippen LogP contribution in [0.4, 0.5) is 0 Å². The summed E-state index contributed by atoms with van der Waals surface area (Å²) in [6.45, 7) is 4.06. The summed E-state index contributed by atoms with van der Waals surface area (Å²) in [7, 11) is 0. The van der Waals surface area contributed by atoms with E-state index >= 15 is 0 Å². The molecule has 3 rings (SSSR count). The molecule has 1 aliphatic heterocycles. The molecule has 2 unspecified atom stereocenters. The molecule has 1 aromatic rings. The van der Waals surface area contributed by atoms with Gasteiger partial charge in [-0.15, -0.1) is 0 Å². The maximum atomic E-state index is 12.7. The summed E-state index contributed by atoms with van der Waals surface area (Å²) >= 11 is 0. The molecule has 0 aromatic carbocycles. The highest BCUT2D eigenvalue weighted by Gasteiger charge is 2.56. The van der Waals surface area contributed by atoms with Crippen LogP contribution in [0.15, 0.2) is 18.5 Å². The lowest BCUT2D eigenvalue weighted by Gasteiger charge is -2.46. The number of amides is 2. The molecule has 21 heavy (non-hydrogen) atoms. The molecule has 2 amide bonds. The molecule has 1 saturated carbocycles. The fourth-order valence-corrected chi connectivity index (χ4v) is 3.03. The van der Waals surface area contributed by atoms with Gasteiger partial charge in [0.15, 0.2) is 0 Å². The van der Waals surface area contributed by atoms with E-state index in [1.54, 1.807) is 23.4 Å². The molecule has 0 radical (unpaired) electrons. The molecule has 1 aromatic heterocycles. The number of piperazine rings is 1. The number of hydrogen-bond donors (Lipinski definition) is 1. The fraction of sp³-hybridized carbons (Fsp3) is 0.600. The van der Waals surface area contributed by atoms with Crippen molar-refractivity contribution < 1.29 is 9.59 Å². The second-order valence-electron chi connectivity index (χ2n) is 5.95. The Kier molecular flexibility index (Phi) is 3.39. The van der Waals surface area contributed by atoms with Crippen molar-refractivity contribution in [2.24, 2.45) is 5.92 Å². The van der Waals surface area contributed by atoms with E-state index in [4.69, 9.17) is 0 Å². The van der Waals surface area contributed by atoms with Crippen molar-refractivity contribution in [3.63, 3.8) is 0 Å². The molecule has 6 heteroatoms. The van der Waals surface area contributed by atoms with E-state index in [0.717, 1.165) is 12.8 Å². The van der Waals surface area contributed by atoms with E-state index in [-0.39, 0.29) is 24.3 Å². The van der Waals surface area contributed by atoms with Gasteiger partial charge in [-0.25, -0.2) is 9.97 Å². The Morgan fingerprint density at radius 1 is 1.33 bits per heavy atom. The summed E-state index contributed by atoms with van der Waals surface area (Å²) in [5.74, 6) is 0.733. The van der Waals surface area contributed by atoms with Crippen molar-refractivity contribution in [3.8, 4) is 0 Å². The molecule has 6 nitrogen and oxygen atoms in total. The van der Waals surface area contributed by atoms with E-state index in [9.17, 15) is 9.59 Å². The van der Waals surface area contributed by atoms with Crippen molar-refractivity contribution in [1.29, 1.82) is 0 Å². The number of nitrogens with one attached hydrogen (secondary N) is 1. The van der Waals surface area contributed by atoms with Gasteiger partial charge in [0.1, 0.15) is 17.4 Å². The number of aromatic nitrogens is 2. The van der Waals surface area contributed by atoms with Crippen LogP contribution < -0.4 is 5.32 Å². The first-order valence-corrected chi connectivity index (χ1v) is 7.45. The largest absolute Gasteiger partial charge is 0.342 e. The molecule has 2 aliphatic rings. The Labute approximate surface area is 124 Å². The maximum Gasteiger partial charge on any atom is 0.246 e. The van der Waals surface area contributed by atoms with Gasteiger partial charge in [-0.05, 0) is 38.2 Å². The van der Waals surface area contributed by atoms with Crippen LogP contribution in [0, 0.1) is 5.92 Å². The third-order valence-electron chi connectivity index (χ3n) is 4.59. The van der Waals surface area contributed by atoms with Crippen LogP contribution in [0.2, 0.25) is 0 Å². The molecule has 1 aliphatic carbocycles. The van der Waals surface area contributed by atoms with Crippen LogP contribution in [-0.2, 0) is 16.1 Å². The van der Waals surface area contributed by atoms with Crippen molar-refractivity contribution in [1.82, 2.24) is 20.2 Å². The predicted octanol–water partition coefficient (Wildman–Crippen LogP) is 0.882. The Morgan fingerprint density at radius 2 is 2.00 bits per heavy atom. The third-order valence-corrected chi connectivity index (χ3v) is 4.59. The summed E-state index contributed by atoms with van der Waals surface area (Å²) in [4.78, 5) is 35.3. The quantitative estimate of drug-likeness (QED) is 0.892. The Balaban J connectivity index is 1.94. The number of carbonyl (C=O) groups excluding carboxylic acids is 2. The minimum atomic E-state index is -0.776. The van der Waals surface area contributed by atoms with Gasteiger partial charge in [0.05, 0.1) is 6.54 Å². The number of hydrogen-bond acceptors (Lipinski definition) is 4. The first-order valence-electron chi connectivity index (χ1n) is 7.45. The predicted molar refractivity (Wildman–Crippen MR) is 75.9 cm³/mol. The molecule has 1 N–H and O–H groups in total. The first-order chi connectivity index (χ1) is 10.1. The van der Waals surface area contributed by atoms with Gasteiger partial charge in [-0.3, -0.25) is 9.59 Å². The van der Waals surface area contributed by atoms with Crippen LogP contribution in [0.1, 0.15) is 38.9 Å². The number of carbonyl (C=O) groups is 2. The summed E-state index contributed by atoms with van der Waals surface area (Å²) in [6, 6.07) is 1.30. The minimum absolute atomic E-state index is 0.0287. The lowest BCUT2D eigenvalue weighted by Crippen LogP contribution is -2.70. The summed E-state index contributed by atoms with van der Waals surface area (Å²) in [5, 5.41) is 2.87. The van der Waals surface area contributed by atoms with Gasteiger partial charge >= 0.3 is 0 Å². The average Bonchev–Trinajstić information content (AvgIpc) is 3.33. The second-order valence-corrected chi connectivity index (χ2v) is 5.95. The summed E-state index contributed by atoms with van der Waals surface area (Å²) in [6.07, 6.45) is 5.88. The standard InChI is InChI=1S/C15H20N4O2/c1-3-11-13(20)19(9-12-16-7-4-8-17-12)15(2,10-5-6-10)14(21)18-11/h4,7-8,10-11H,3,5-6,9H2,1-2H3,(H,18,21). The van der Waals surface area contributed by atoms with Gasteiger partial charge < -0.3 is 10.2 Å². The number of rotatable bonds is 4. The van der Waals surface area contributed by atoms with Crippen LogP contribution in [0.25, 0.3) is 0 Å². The smallest absolute Gasteiger partial charge is 0.246 e. The fourth-order valence-electron chi connectivity index (χ4n) is 3.03. The zero-order chi connectivity index (χ0) is 15.0. The Hall–Kier alpha value is -1.98. The molecule has 112 valence electrons. The van der Waals surface area contributed by atoms with Crippen LogP contribution in [0.3, 0.4) is 0 Å². The molecule has 0 bridgehead atoms. The molecular weight excluding hydrogens is 268 g/mol. The van der Waals surface area contributed by atoms with Gasteiger partial charge in [0.25, 0.3) is 0 Å². The first kappa shape index (κ1) is 14.0. The lowest BCUT2D eigenvalue weighted by atomic mass is 9.87. The van der Waals surface area contributed by atoms with Gasteiger partial charge in [0.2, 0.25) is 11.8 Å². The topological polar surface area (TPSA) is 75.2 Å². The highest BCUT2D eigenvalue weighted by molar-refractivity contribution is 6.00. The zero-order valence-electron chi connectivity index (χ0n) is 12.4.